The first-order valence-electron chi connectivity index (χ1n) is 9.40. The molecule has 140 valence electrons. The molecular weight excluding hydrogens is 333 g/mol. The summed E-state index contributed by atoms with van der Waals surface area (Å²) in [7, 11) is 0. The lowest BCUT2D eigenvalue weighted by molar-refractivity contribution is 0.118. The lowest BCUT2D eigenvalue weighted by atomic mass is 9.69. The Labute approximate surface area is 154 Å². The minimum atomic E-state index is -0.845. The predicted octanol–water partition coefficient (Wildman–Crippen LogP) is 3.60. The first-order chi connectivity index (χ1) is 12.5. The number of carboxylic acid groups (broad SMARTS) is 1. The average Bonchev–Trinajstić information content (AvgIpc) is 3.12. The maximum atomic E-state index is 13.2. The van der Waals surface area contributed by atoms with Crippen molar-refractivity contribution in [3.8, 4) is 6.07 Å². The van der Waals surface area contributed by atoms with Crippen LogP contribution in [0.3, 0.4) is 0 Å². The summed E-state index contributed by atoms with van der Waals surface area (Å²) in [5.74, 6) is -0.280. The number of nitrogens with zero attached hydrogens (tertiary/aromatic N) is 3. The van der Waals surface area contributed by atoms with Crippen LogP contribution in [0.2, 0.25) is 0 Å². The predicted molar refractivity (Wildman–Crippen MR) is 96.3 cm³/mol. The lowest BCUT2D eigenvalue weighted by Gasteiger charge is -2.39. The van der Waals surface area contributed by atoms with E-state index in [1.807, 2.05) is 6.92 Å². The zero-order valence-electron chi connectivity index (χ0n) is 15.2. The Balaban J connectivity index is 1.62. The van der Waals surface area contributed by atoms with Gasteiger partial charge in [-0.15, -0.1) is 0 Å². The summed E-state index contributed by atoms with van der Waals surface area (Å²) in [6, 6.07) is 9.27. The lowest BCUT2D eigenvalue weighted by Crippen LogP contribution is -2.44. The van der Waals surface area contributed by atoms with E-state index in [1.165, 1.54) is 17.0 Å². The van der Waals surface area contributed by atoms with Gasteiger partial charge in [0.2, 0.25) is 0 Å². The minimum Gasteiger partial charge on any atom is -0.465 e. The molecule has 0 radical (unpaired) electrons. The molecule has 1 heterocycles. The number of hydrogen-bond donors (Lipinski definition) is 1. The van der Waals surface area contributed by atoms with E-state index >= 15 is 0 Å². The van der Waals surface area contributed by atoms with Crippen molar-refractivity contribution in [1.82, 2.24) is 9.80 Å². The molecule has 2 aliphatic rings. The number of nitriles is 1. The van der Waals surface area contributed by atoms with Gasteiger partial charge < -0.3 is 10.0 Å². The van der Waals surface area contributed by atoms with E-state index in [0.29, 0.717) is 12.6 Å². The highest BCUT2D eigenvalue weighted by Gasteiger charge is 2.41. The number of halogens is 1. The van der Waals surface area contributed by atoms with Crippen LogP contribution in [0.4, 0.5) is 9.18 Å². The summed E-state index contributed by atoms with van der Waals surface area (Å²) in [6.07, 6.45) is 3.38. The maximum absolute atomic E-state index is 13.2. The number of hydrogen-bond acceptors (Lipinski definition) is 3. The minimum absolute atomic E-state index is 0.0669. The van der Waals surface area contributed by atoms with Gasteiger partial charge in [0.25, 0.3) is 0 Å². The van der Waals surface area contributed by atoms with Gasteiger partial charge in [-0.2, -0.15) is 5.26 Å². The molecule has 3 rings (SSSR count). The molecule has 1 aliphatic carbocycles. The monoisotopic (exact) mass is 359 g/mol. The fourth-order valence-electron chi connectivity index (χ4n) is 4.60. The third-order valence-corrected chi connectivity index (χ3v) is 6.16. The topological polar surface area (TPSA) is 67.6 Å². The standard InChI is InChI=1S/C20H26FN3O2/c1-2-24(19(25)26)18-9-12-23(13-18)17-7-10-20(14-22,11-8-17)15-3-5-16(21)6-4-15/h3-6,17-18H,2,7-13H2,1H3,(H,25,26)/t17?,18-,20?/m0/s1. The van der Waals surface area contributed by atoms with Gasteiger partial charge in [-0.1, -0.05) is 12.1 Å². The van der Waals surface area contributed by atoms with Crippen LogP contribution in [0.25, 0.3) is 0 Å². The molecule has 1 amide bonds. The molecule has 0 aromatic heterocycles. The first-order valence-corrected chi connectivity index (χ1v) is 9.40. The number of likely N-dealkylation sites (N-methyl/N-ethyl adjacent to an activating group) is 1. The quantitative estimate of drug-likeness (QED) is 0.892. The normalized spacial score (nSPS) is 29.3. The van der Waals surface area contributed by atoms with Crippen LogP contribution in [0.5, 0.6) is 0 Å². The highest BCUT2D eigenvalue weighted by Crippen LogP contribution is 2.41. The van der Waals surface area contributed by atoms with Crippen molar-refractivity contribution in [2.45, 2.75) is 56.5 Å². The molecule has 0 bridgehead atoms. The Morgan fingerprint density at radius 2 is 2.00 bits per heavy atom. The molecule has 1 N–H and O–H groups in total. The third kappa shape index (κ3) is 3.54. The van der Waals surface area contributed by atoms with Crippen LogP contribution >= 0.6 is 0 Å². The Morgan fingerprint density at radius 3 is 2.54 bits per heavy atom. The van der Waals surface area contributed by atoms with Crippen LogP contribution in [-0.4, -0.2) is 52.7 Å². The molecule has 1 aromatic carbocycles. The van der Waals surface area contributed by atoms with E-state index in [2.05, 4.69) is 11.0 Å². The summed E-state index contributed by atoms with van der Waals surface area (Å²) < 4.78 is 13.2. The van der Waals surface area contributed by atoms with Gasteiger partial charge in [0.1, 0.15) is 5.82 Å². The summed E-state index contributed by atoms with van der Waals surface area (Å²) in [4.78, 5) is 15.3. The molecule has 0 spiro atoms. The van der Waals surface area contributed by atoms with Gasteiger partial charge >= 0.3 is 6.09 Å². The van der Waals surface area contributed by atoms with Crippen molar-refractivity contribution in [3.05, 3.63) is 35.6 Å². The van der Waals surface area contributed by atoms with Gasteiger partial charge in [0, 0.05) is 31.7 Å². The fraction of sp³-hybridized carbons (Fsp3) is 0.600. The second-order valence-electron chi connectivity index (χ2n) is 7.44. The van der Waals surface area contributed by atoms with Crippen LogP contribution in [-0.2, 0) is 5.41 Å². The van der Waals surface area contributed by atoms with Crippen molar-refractivity contribution < 1.29 is 14.3 Å². The Bertz CT molecular complexity index is 677. The van der Waals surface area contributed by atoms with E-state index in [0.717, 1.165) is 50.8 Å². The van der Waals surface area contributed by atoms with Gasteiger partial charge in [0.15, 0.2) is 0 Å². The van der Waals surface area contributed by atoms with Crippen molar-refractivity contribution in [3.63, 3.8) is 0 Å². The maximum Gasteiger partial charge on any atom is 0.407 e. The molecular formula is C20H26FN3O2. The Morgan fingerprint density at radius 1 is 1.35 bits per heavy atom. The molecule has 26 heavy (non-hydrogen) atoms. The number of rotatable bonds is 4. The van der Waals surface area contributed by atoms with E-state index < -0.39 is 11.5 Å². The zero-order valence-corrected chi connectivity index (χ0v) is 15.2. The highest BCUT2D eigenvalue weighted by molar-refractivity contribution is 5.65. The molecule has 2 fully saturated rings. The average molecular weight is 359 g/mol. The number of carbonyl (C=O) groups is 1. The zero-order chi connectivity index (χ0) is 18.7. The number of likely N-dealkylation sites (tertiary alicyclic amines) is 1. The van der Waals surface area contributed by atoms with Crippen LogP contribution in [0, 0.1) is 17.1 Å². The second kappa shape index (κ2) is 7.63. The molecule has 1 saturated carbocycles. The van der Waals surface area contributed by atoms with Gasteiger partial charge in [0.05, 0.1) is 11.5 Å². The third-order valence-electron chi connectivity index (χ3n) is 6.16. The van der Waals surface area contributed by atoms with E-state index in [9.17, 15) is 19.6 Å². The molecule has 1 aliphatic heterocycles. The smallest absolute Gasteiger partial charge is 0.407 e. The molecule has 1 saturated heterocycles. The van der Waals surface area contributed by atoms with Crippen LogP contribution < -0.4 is 0 Å². The van der Waals surface area contributed by atoms with Crippen molar-refractivity contribution in [1.29, 1.82) is 5.26 Å². The van der Waals surface area contributed by atoms with Crippen molar-refractivity contribution in [2.24, 2.45) is 0 Å². The first kappa shape index (κ1) is 18.7. The molecule has 0 unspecified atom stereocenters. The molecule has 5 nitrogen and oxygen atoms in total. The van der Waals surface area contributed by atoms with Crippen molar-refractivity contribution in [2.75, 3.05) is 19.6 Å². The van der Waals surface area contributed by atoms with E-state index in [4.69, 9.17) is 0 Å². The largest absolute Gasteiger partial charge is 0.465 e. The summed E-state index contributed by atoms with van der Waals surface area (Å²) in [6.45, 7) is 4.08. The molecule has 1 atom stereocenters. The second-order valence-corrected chi connectivity index (χ2v) is 7.44. The van der Waals surface area contributed by atoms with Gasteiger partial charge in [-0.25, -0.2) is 9.18 Å². The highest BCUT2D eigenvalue weighted by atomic mass is 19.1. The summed E-state index contributed by atoms with van der Waals surface area (Å²) in [5.41, 5.74) is 0.377. The van der Waals surface area contributed by atoms with Gasteiger partial charge in [-0.05, 0) is 56.7 Å². The Kier molecular flexibility index (Phi) is 5.47. The van der Waals surface area contributed by atoms with Crippen LogP contribution in [0.15, 0.2) is 24.3 Å². The summed E-state index contributed by atoms with van der Waals surface area (Å²) >= 11 is 0. The Hall–Kier alpha value is -2.13. The summed E-state index contributed by atoms with van der Waals surface area (Å²) in [5, 5.41) is 19.1. The van der Waals surface area contributed by atoms with Crippen molar-refractivity contribution >= 4 is 6.09 Å². The molecule has 6 heteroatoms. The SMILES string of the molecule is CCN(C(=O)O)[C@H]1CCN(C2CCC(C#N)(c3ccc(F)cc3)CC2)C1. The molecule has 1 aromatic rings. The van der Waals surface area contributed by atoms with Gasteiger partial charge in [-0.3, -0.25) is 4.90 Å². The van der Waals surface area contributed by atoms with E-state index in [1.54, 1.807) is 12.1 Å². The number of benzene rings is 1. The van der Waals surface area contributed by atoms with E-state index in [-0.39, 0.29) is 11.9 Å². The van der Waals surface area contributed by atoms with Crippen LogP contribution in [0.1, 0.15) is 44.6 Å². The fourth-order valence-corrected chi connectivity index (χ4v) is 4.60. The number of amides is 1.